The van der Waals surface area contributed by atoms with Crippen LogP contribution in [-0.4, -0.2) is 67.4 Å². The highest BCUT2D eigenvalue weighted by Gasteiger charge is 2.17. The third-order valence-electron chi connectivity index (χ3n) is 3.75. The number of aldehydes is 1. The van der Waals surface area contributed by atoms with E-state index < -0.39 is 0 Å². The molecule has 0 spiro atoms. The monoisotopic (exact) mass is 366 g/mol. The fourth-order valence-corrected chi connectivity index (χ4v) is 3.51. The van der Waals surface area contributed by atoms with Crippen LogP contribution in [0.1, 0.15) is 0 Å². The number of rotatable bonds is 4. The number of fused-ring (bicyclic) bond motifs is 1. The topological polar surface area (TPSA) is 71.7 Å². The molecule has 0 unspecified atom stereocenters. The molecule has 1 aliphatic rings. The lowest BCUT2D eigenvalue weighted by molar-refractivity contribution is -0.106. The smallest absolute Gasteiger partial charge is 0.221 e. The lowest BCUT2D eigenvalue weighted by Crippen LogP contribution is -2.40. The van der Waals surface area contributed by atoms with Crippen LogP contribution in [0.15, 0.2) is 29.3 Å². The van der Waals surface area contributed by atoms with Gasteiger partial charge in [0.25, 0.3) is 0 Å². The van der Waals surface area contributed by atoms with E-state index in [0.717, 1.165) is 41.8 Å². The second-order valence-electron chi connectivity index (χ2n) is 5.55. The Bertz CT molecular complexity index is 708. The SMILES string of the molecule is COc1nccc2c(SN3CCN(C)CC3)cc(F)cc12.NCC=O. The van der Waals surface area contributed by atoms with E-state index in [1.807, 2.05) is 6.07 Å². The summed E-state index contributed by atoms with van der Waals surface area (Å²) >= 11 is 1.61. The maximum atomic E-state index is 13.9. The van der Waals surface area contributed by atoms with Gasteiger partial charge in [0, 0.05) is 54.6 Å². The van der Waals surface area contributed by atoms with Crippen molar-refractivity contribution >= 4 is 29.0 Å². The number of hydrogen-bond donors (Lipinski definition) is 1. The Hall–Kier alpha value is -1.74. The summed E-state index contributed by atoms with van der Waals surface area (Å²) in [7, 11) is 3.68. The predicted molar refractivity (Wildman–Crippen MR) is 98.3 cm³/mol. The van der Waals surface area contributed by atoms with E-state index in [9.17, 15) is 4.39 Å². The molecule has 0 atom stereocenters. The molecule has 0 bridgehead atoms. The molecule has 3 rings (SSSR count). The van der Waals surface area contributed by atoms with Crippen molar-refractivity contribution in [2.24, 2.45) is 5.73 Å². The van der Waals surface area contributed by atoms with Gasteiger partial charge in [0.05, 0.1) is 7.11 Å². The number of carbonyl (C=O) groups is 1. The van der Waals surface area contributed by atoms with Gasteiger partial charge in [-0.1, -0.05) is 0 Å². The average molecular weight is 366 g/mol. The average Bonchev–Trinajstić information content (AvgIpc) is 2.63. The number of hydrogen-bond acceptors (Lipinski definition) is 7. The van der Waals surface area contributed by atoms with Crippen molar-refractivity contribution in [3.8, 4) is 5.88 Å². The fourth-order valence-electron chi connectivity index (χ4n) is 2.45. The molecule has 25 heavy (non-hydrogen) atoms. The molecule has 0 amide bonds. The Morgan fingerprint density at radius 2 is 2.00 bits per heavy atom. The van der Waals surface area contributed by atoms with Crippen LogP contribution in [0.2, 0.25) is 0 Å². The first kappa shape index (κ1) is 19.6. The van der Waals surface area contributed by atoms with Gasteiger partial charge in [-0.25, -0.2) is 13.7 Å². The van der Waals surface area contributed by atoms with Gasteiger partial charge in [-0.2, -0.15) is 0 Å². The Kier molecular flexibility index (Phi) is 7.57. The Morgan fingerprint density at radius 1 is 1.32 bits per heavy atom. The number of nitrogens with zero attached hydrogens (tertiary/aromatic N) is 3. The van der Waals surface area contributed by atoms with E-state index >= 15 is 0 Å². The van der Waals surface area contributed by atoms with Crippen molar-refractivity contribution in [3.63, 3.8) is 0 Å². The second-order valence-corrected chi connectivity index (χ2v) is 6.68. The number of ether oxygens (including phenoxy) is 1. The minimum atomic E-state index is -0.259. The molecule has 0 saturated carbocycles. The lowest BCUT2D eigenvalue weighted by atomic mass is 10.1. The summed E-state index contributed by atoms with van der Waals surface area (Å²) in [6.45, 7) is 4.15. The van der Waals surface area contributed by atoms with Crippen LogP contribution in [0.5, 0.6) is 5.88 Å². The van der Waals surface area contributed by atoms with Gasteiger partial charge in [-0.3, -0.25) is 0 Å². The number of benzene rings is 1. The first-order valence-corrected chi connectivity index (χ1v) is 8.73. The first-order chi connectivity index (χ1) is 12.1. The lowest BCUT2D eigenvalue weighted by Gasteiger charge is -2.31. The zero-order valence-electron chi connectivity index (χ0n) is 14.4. The maximum absolute atomic E-state index is 13.9. The number of nitrogens with two attached hydrogens (primary N) is 1. The number of carbonyl (C=O) groups excluding carboxylic acids is 1. The van der Waals surface area contributed by atoms with E-state index in [1.54, 1.807) is 31.3 Å². The van der Waals surface area contributed by atoms with E-state index in [-0.39, 0.29) is 12.4 Å². The molecule has 2 N–H and O–H groups in total. The van der Waals surface area contributed by atoms with Crippen molar-refractivity contribution < 1.29 is 13.9 Å². The molecule has 6 nitrogen and oxygen atoms in total. The van der Waals surface area contributed by atoms with Crippen molar-refractivity contribution in [2.75, 3.05) is 46.9 Å². The number of piperazine rings is 1. The second kappa shape index (κ2) is 9.67. The van der Waals surface area contributed by atoms with Gasteiger partial charge >= 0.3 is 0 Å². The Morgan fingerprint density at radius 3 is 2.60 bits per heavy atom. The molecule has 0 aliphatic carbocycles. The summed E-state index contributed by atoms with van der Waals surface area (Å²) in [5.41, 5.74) is 4.66. The van der Waals surface area contributed by atoms with Crippen LogP contribution >= 0.6 is 11.9 Å². The molecule has 1 aliphatic heterocycles. The number of methoxy groups -OCH3 is 1. The maximum Gasteiger partial charge on any atom is 0.221 e. The van der Waals surface area contributed by atoms with Crippen LogP contribution in [0, 0.1) is 5.82 Å². The zero-order valence-corrected chi connectivity index (χ0v) is 15.3. The molecule has 1 aromatic carbocycles. The predicted octanol–water partition coefficient (Wildman–Crippen LogP) is 1.78. The van der Waals surface area contributed by atoms with Gasteiger partial charge in [-0.05, 0) is 37.2 Å². The van der Waals surface area contributed by atoms with Gasteiger partial charge in [-0.15, -0.1) is 0 Å². The van der Waals surface area contributed by atoms with Gasteiger partial charge < -0.3 is 20.2 Å². The van der Waals surface area contributed by atoms with Crippen LogP contribution in [-0.2, 0) is 4.79 Å². The van der Waals surface area contributed by atoms with Crippen molar-refractivity contribution in [1.82, 2.24) is 14.2 Å². The summed E-state index contributed by atoms with van der Waals surface area (Å²) < 4.78 is 21.4. The van der Waals surface area contributed by atoms with Crippen LogP contribution in [0.4, 0.5) is 4.39 Å². The third kappa shape index (κ3) is 5.37. The molecule has 0 radical (unpaired) electrons. The summed E-state index contributed by atoms with van der Waals surface area (Å²) in [5, 5.41) is 1.70. The summed E-state index contributed by atoms with van der Waals surface area (Å²) in [6, 6.07) is 4.98. The summed E-state index contributed by atoms with van der Waals surface area (Å²) in [6.07, 6.45) is 2.35. The molecule has 2 heterocycles. The fraction of sp³-hybridized carbons (Fsp3) is 0.412. The van der Waals surface area contributed by atoms with Crippen molar-refractivity contribution in [1.29, 1.82) is 0 Å². The normalized spacial score (nSPS) is 15.5. The number of halogens is 1. The number of pyridine rings is 1. The number of aromatic nitrogens is 1. The standard InChI is InChI=1S/C15H18FN3OS.C2H5NO/c1-18-5-7-19(8-6-18)21-14-10-11(16)9-13-12(14)3-4-17-15(13)20-2;3-1-2-4/h3-4,9-10H,5-8H2,1-2H3;2H,1,3H2. The van der Waals surface area contributed by atoms with Crippen LogP contribution < -0.4 is 10.5 Å². The van der Waals surface area contributed by atoms with Crippen LogP contribution in [0.3, 0.4) is 0 Å². The summed E-state index contributed by atoms with van der Waals surface area (Å²) in [5.74, 6) is 0.206. The van der Waals surface area contributed by atoms with Crippen LogP contribution in [0.25, 0.3) is 10.8 Å². The molecular formula is C17H23FN4O2S. The van der Waals surface area contributed by atoms with E-state index in [2.05, 4.69) is 27.0 Å². The minimum Gasteiger partial charge on any atom is -0.481 e. The zero-order chi connectivity index (χ0) is 18.2. The highest BCUT2D eigenvalue weighted by atomic mass is 32.2. The Balaban J connectivity index is 0.000000511. The largest absolute Gasteiger partial charge is 0.481 e. The number of likely N-dealkylation sites (N-methyl/N-ethyl adjacent to an activating group) is 1. The molecular weight excluding hydrogens is 343 g/mol. The molecule has 1 saturated heterocycles. The van der Waals surface area contributed by atoms with Gasteiger partial charge in [0.15, 0.2) is 0 Å². The van der Waals surface area contributed by atoms with Gasteiger partial charge in [0.2, 0.25) is 5.88 Å². The highest BCUT2D eigenvalue weighted by molar-refractivity contribution is 7.97. The molecule has 8 heteroatoms. The molecule has 1 fully saturated rings. The summed E-state index contributed by atoms with van der Waals surface area (Å²) in [4.78, 5) is 16.4. The molecule has 1 aromatic heterocycles. The Labute approximate surface area is 151 Å². The quantitative estimate of drug-likeness (QED) is 0.653. The van der Waals surface area contributed by atoms with Crippen molar-refractivity contribution in [2.45, 2.75) is 4.90 Å². The van der Waals surface area contributed by atoms with Crippen molar-refractivity contribution in [3.05, 3.63) is 30.2 Å². The third-order valence-corrected chi connectivity index (χ3v) is 4.91. The minimum absolute atomic E-state index is 0.139. The van der Waals surface area contributed by atoms with Gasteiger partial charge in [0.1, 0.15) is 12.1 Å². The first-order valence-electron chi connectivity index (χ1n) is 7.96. The van der Waals surface area contributed by atoms with E-state index in [0.29, 0.717) is 12.2 Å². The van der Waals surface area contributed by atoms with E-state index in [4.69, 9.17) is 9.53 Å². The molecule has 2 aromatic rings. The molecule has 136 valence electrons. The van der Waals surface area contributed by atoms with E-state index in [1.165, 1.54) is 6.07 Å². The highest BCUT2D eigenvalue weighted by Crippen LogP contribution is 2.34.